The number of rotatable bonds is 5. The third-order valence-electron chi connectivity index (χ3n) is 8.30. The monoisotopic (exact) mass is 488 g/mol. The Labute approximate surface area is 209 Å². The van der Waals surface area contributed by atoms with E-state index in [-0.39, 0.29) is 0 Å². The van der Waals surface area contributed by atoms with Crippen LogP contribution in [0.1, 0.15) is 25.7 Å². The summed E-state index contributed by atoms with van der Waals surface area (Å²) in [5.74, 6) is 3.40. The Morgan fingerprint density at radius 2 is 1.91 bits per heavy atom. The van der Waals surface area contributed by atoms with Gasteiger partial charge in [0.15, 0.2) is 5.82 Å². The molecule has 3 atom stereocenters. The number of anilines is 1. The Balaban J connectivity index is 1.05. The molecular formula is C27H32N6OS. The fourth-order valence-corrected chi connectivity index (χ4v) is 7.48. The third-order valence-corrected chi connectivity index (χ3v) is 9.22. The second-order valence-electron chi connectivity index (χ2n) is 10.7. The predicted molar refractivity (Wildman–Crippen MR) is 141 cm³/mol. The lowest BCUT2D eigenvalue weighted by molar-refractivity contribution is 0.0545. The molecule has 0 bridgehead atoms. The highest BCUT2D eigenvalue weighted by Gasteiger charge is 2.41. The fraction of sp³-hybridized carbons (Fsp3) is 0.519. The highest BCUT2D eigenvalue weighted by molar-refractivity contribution is 7.17. The van der Waals surface area contributed by atoms with Crippen LogP contribution in [0.2, 0.25) is 0 Å². The Morgan fingerprint density at radius 1 is 1.09 bits per heavy atom. The van der Waals surface area contributed by atoms with Crippen molar-refractivity contribution < 1.29 is 4.74 Å². The zero-order valence-corrected chi connectivity index (χ0v) is 21.0. The topological polar surface area (TPSA) is 68.1 Å². The molecule has 7 nitrogen and oxygen atoms in total. The lowest BCUT2D eigenvalue weighted by Crippen LogP contribution is -2.32. The number of nitrogens with zero attached hydrogens (tertiary/aromatic N) is 5. The second kappa shape index (κ2) is 8.84. The van der Waals surface area contributed by atoms with Crippen LogP contribution in [0.4, 0.5) is 5.82 Å². The zero-order valence-electron chi connectivity index (χ0n) is 20.2. The van der Waals surface area contributed by atoms with Crippen LogP contribution < -0.4 is 5.32 Å². The largest absolute Gasteiger partial charge is 0.381 e. The Bertz CT molecular complexity index is 1340. The SMILES string of the molecule is Cn1cc2cc(-c3nnc(N[C@@H]4CC5CN(CC6CCOCC6)C[C@H]5C4)c4sccc34)ccc2n1. The molecule has 1 saturated carbocycles. The summed E-state index contributed by atoms with van der Waals surface area (Å²) in [5, 5.41) is 22.1. The van der Waals surface area contributed by atoms with E-state index in [1.54, 1.807) is 11.3 Å². The smallest absolute Gasteiger partial charge is 0.166 e. The van der Waals surface area contributed by atoms with Gasteiger partial charge in [-0.05, 0) is 67.0 Å². The van der Waals surface area contributed by atoms with Crippen LogP contribution >= 0.6 is 11.3 Å². The van der Waals surface area contributed by atoms with Crippen molar-refractivity contribution >= 4 is 38.1 Å². The quantitative estimate of drug-likeness (QED) is 0.436. The van der Waals surface area contributed by atoms with Crippen LogP contribution in [0.15, 0.2) is 35.8 Å². The number of hydrogen-bond donors (Lipinski definition) is 1. The first-order valence-corrected chi connectivity index (χ1v) is 13.8. The van der Waals surface area contributed by atoms with Crippen molar-refractivity contribution in [2.45, 2.75) is 31.7 Å². The number of fused-ring (bicyclic) bond motifs is 3. The van der Waals surface area contributed by atoms with Crippen molar-refractivity contribution in [1.29, 1.82) is 0 Å². The number of thiophene rings is 1. The van der Waals surface area contributed by atoms with Gasteiger partial charge in [-0.15, -0.1) is 21.5 Å². The van der Waals surface area contributed by atoms with Crippen molar-refractivity contribution in [3.8, 4) is 11.3 Å². The van der Waals surface area contributed by atoms with Gasteiger partial charge in [0.1, 0.15) is 5.69 Å². The molecule has 5 heterocycles. The van der Waals surface area contributed by atoms with Crippen molar-refractivity contribution in [3.05, 3.63) is 35.8 Å². The van der Waals surface area contributed by atoms with E-state index in [9.17, 15) is 0 Å². The Hall–Kier alpha value is -2.55. The number of aromatic nitrogens is 4. The number of likely N-dealkylation sites (tertiary alicyclic amines) is 1. The van der Waals surface area contributed by atoms with Gasteiger partial charge in [0.25, 0.3) is 0 Å². The molecule has 2 saturated heterocycles. The Kier molecular flexibility index (Phi) is 5.48. The molecule has 182 valence electrons. The molecule has 1 aromatic carbocycles. The molecule has 8 heteroatoms. The first kappa shape index (κ1) is 21.7. The minimum atomic E-state index is 0.493. The maximum absolute atomic E-state index is 5.54. The van der Waals surface area contributed by atoms with Crippen molar-refractivity contribution in [3.63, 3.8) is 0 Å². The minimum Gasteiger partial charge on any atom is -0.381 e. The van der Waals surface area contributed by atoms with E-state index in [0.29, 0.717) is 6.04 Å². The molecular weight excluding hydrogens is 456 g/mol. The third kappa shape index (κ3) is 4.11. The van der Waals surface area contributed by atoms with Crippen LogP contribution in [0.25, 0.3) is 32.2 Å². The summed E-state index contributed by atoms with van der Waals surface area (Å²) in [6.07, 6.45) is 7.00. The van der Waals surface area contributed by atoms with Crippen LogP contribution in [0.5, 0.6) is 0 Å². The molecule has 1 aliphatic carbocycles. The van der Waals surface area contributed by atoms with Gasteiger partial charge in [-0.2, -0.15) is 5.10 Å². The highest BCUT2D eigenvalue weighted by atomic mass is 32.1. The van der Waals surface area contributed by atoms with E-state index in [1.165, 1.54) is 55.4 Å². The Morgan fingerprint density at radius 3 is 2.74 bits per heavy atom. The standard InChI is InChI=1S/C27H32N6OS/c1-32-14-21-10-18(2-3-24(21)31-32)25-23-6-9-35-26(23)27(30-29-25)28-22-11-19-15-33(16-20(19)12-22)13-17-4-7-34-8-5-17/h2-3,6,9-10,14,17,19-20,22H,4-5,7-8,11-13,15-16H2,1H3,(H,28,30)/t19-,20?,22+/m1/s1. The van der Waals surface area contributed by atoms with Crippen molar-refractivity contribution in [1.82, 2.24) is 24.9 Å². The molecule has 7 rings (SSSR count). The molecule has 0 radical (unpaired) electrons. The van der Waals surface area contributed by atoms with E-state index in [1.807, 2.05) is 11.7 Å². The average molecular weight is 489 g/mol. The van der Waals surface area contributed by atoms with Gasteiger partial charge in [0.2, 0.25) is 0 Å². The summed E-state index contributed by atoms with van der Waals surface area (Å²) in [4.78, 5) is 2.73. The molecule has 1 unspecified atom stereocenters. The van der Waals surface area contributed by atoms with E-state index in [2.05, 4.69) is 51.2 Å². The molecule has 4 aromatic rings. The molecule has 35 heavy (non-hydrogen) atoms. The van der Waals surface area contributed by atoms with Gasteiger partial charge in [0, 0.05) is 68.5 Å². The van der Waals surface area contributed by atoms with Gasteiger partial charge < -0.3 is 15.0 Å². The molecule has 0 amide bonds. The summed E-state index contributed by atoms with van der Waals surface area (Å²) in [6, 6.07) is 9.01. The van der Waals surface area contributed by atoms with Gasteiger partial charge in [-0.25, -0.2) is 0 Å². The van der Waals surface area contributed by atoms with Gasteiger partial charge >= 0.3 is 0 Å². The summed E-state index contributed by atoms with van der Waals surface area (Å²) in [5.41, 5.74) is 3.04. The number of nitrogens with one attached hydrogen (secondary N) is 1. The van der Waals surface area contributed by atoms with Crippen LogP contribution in [0.3, 0.4) is 0 Å². The zero-order chi connectivity index (χ0) is 23.4. The summed E-state index contributed by atoms with van der Waals surface area (Å²) in [7, 11) is 1.96. The van der Waals surface area contributed by atoms with Gasteiger partial charge in [-0.3, -0.25) is 4.68 Å². The number of benzene rings is 1. The molecule has 0 spiro atoms. The van der Waals surface area contributed by atoms with E-state index < -0.39 is 0 Å². The van der Waals surface area contributed by atoms with Crippen molar-refractivity contribution in [2.24, 2.45) is 24.8 Å². The van der Waals surface area contributed by atoms with E-state index in [0.717, 1.165) is 58.9 Å². The maximum Gasteiger partial charge on any atom is 0.166 e. The van der Waals surface area contributed by atoms with Crippen LogP contribution in [0, 0.1) is 17.8 Å². The van der Waals surface area contributed by atoms with Crippen molar-refractivity contribution in [2.75, 3.05) is 38.2 Å². The van der Waals surface area contributed by atoms with Crippen LogP contribution in [-0.4, -0.2) is 63.8 Å². The first-order chi connectivity index (χ1) is 17.2. The fourth-order valence-electron chi connectivity index (χ4n) is 6.63. The molecule has 2 aliphatic heterocycles. The van der Waals surface area contributed by atoms with E-state index >= 15 is 0 Å². The number of aryl methyl sites for hydroxylation is 1. The predicted octanol–water partition coefficient (Wildman–Crippen LogP) is 4.79. The molecule has 3 aromatic heterocycles. The second-order valence-corrected chi connectivity index (χ2v) is 11.7. The van der Waals surface area contributed by atoms with E-state index in [4.69, 9.17) is 14.9 Å². The minimum absolute atomic E-state index is 0.493. The first-order valence-electron chi connectivity index (χ1n) is 12.9. The summed E-state index contributed by atoms with van der Waals surface area (Å²) in [6.45, 7) is 5.69. The van der Waals surface area contributed by atoms with Gasteiger partial charge in [0.05, 0.1) is 10.2 Å². The normalized spacial score (nSPS) is 25.6. The highest BCUT2D eigenvalue weighted by Crippen LogP contribution is 2.41. The lowest BCUT2D eigenvalue weighted by Gasteiger charge is -2.27. The van der Waals surface area contributed by atoms with Crippen LogP contribution in [-0.2, 0) is 11.8 Å². The summed E-state index contributed by atoms with van der Waals surface area (Å²) < 4.78 is 8.61. The number of ether oxygens (including phenoxy) is 1. The molecule has 3 fully saturated rings. The molecule has 3 aliphatic rings. The lowest BCUT2D eigenvalue weighted by atomic mass is 10.00. The number of hydrogen-bond acceptors (Lipinski definition) is 7. The average Bonchev–Trinajstić information content (AvgIpc) is 3.62. The molecule has 1 N–H and O–H groups in total. The van der Waals surface area contributed by atoms with Gasteiger partial charge in [-0.1, -0.05) is 6.07 Å². The maximum atomic E-state index is 5.54. The summed E-state index contributed by atoms with van der Waals surface area (Å²) >= 11 is 1.76.